The molecule has 1 aliphatic rings. The lowest BCUT2D eigenvalue weighted by Crippen LogP contribution is -2.50. The summed E-state index contributed by atoms with van der Waals surface area (Å²) in [6.07, 6.45) is 0. The number of carbonyl (C=O) groups excluding carboxylic acids is 2. The number of ether oxygens (including phenoxy) is 1. The average Bonchev–Trinajstić information content (AvgIpc) is 2.73. The largest absolute Gasteiger partial charge is 0.433 e. The Balaban J connectivity index is 1.41. The molecule has 11 heteroatoms. The van der Waals surface area contributed by atoms with E-state index >= 15 is 0 Å². The summed E-state index contributed by atoms with van der Waals surface area (Å²) in [5.74, 6) is -0.566. The molecule has 1 aliphatic heterocycles. The third-order valence-corrected chi connectivity index (χ3v) is 5.40. The monoisotopic (exact) mass is 486 g/mol. The van der Waals surface area contributed by atoms with Gasteiger partial charge in [-0.1, -0.05) is 35.3 Å². The molecule has 3 rings (SSSR count). The van der Waals surface area contributed by atoms with Gasteiger partial charge in [-0.25, -0.2) is 0 Å². The van der Waals surface area contributed by atoms with Crippen LogP contribution < -0.4 is 15.4 Å². The molecule has 7 nitrogen and oxygen atoms in total. The molecule has 0 aliphatic carbocycles. The Morgan fingerprint density at radius 3 is 2.06 bits per heavy atom. The number of benzene rings is 2. The van der Waals surface area contributed by atoms with E-state index in [1.807, 2.05) is 9.80 Å². The van der Waals surface area contributed by atoms with Gasteiger partial charge in [0.05, 0.1) is 28.8 Å². The highest BCUT2D eigenvalue weighted by Gasteiger charge is 2.21. The van der Waals surface area contributed by atoms with Crippen LogP contribution in [0.3, 0.4) is 0 Å². The van der Waals surface area contributed by atoms with Crippen molar-refractivity contribution in [1.29, 1.82) is 0 Å². The van der Waals surface area contributed by atoms with Gasteiger partial charge in [-0.15, -0.1) is 0 Å². The zero-order chi connectivity index (χ0) is 23.1. The number of carbonyl (C=O) groups is 2. The van der Waals surface area contributed by atoms with Crippen LogP contribution >= 0.6 is 23.2 Å². The Hall–Kier alpha value is -2.46. The number of rotatable bonds is 8. The molecule has 1 fully saturated rings. The molecule has 0 radical (unpaired) electrons. The normalized spacial score (nSPS) is 14.9. The lowest BCUT2D eigenvalue weighted by atomic mass is 10.2. The summed E-state index contributed by atoms with van der Waals surface area (Å²) in [6.45, 7) is -0.0789. The second-order valence-electron chi connectivity index (χ2n) is 7.15. The summed E-state index contributed by atoms with van der Waals surface area (Å²) in [6, 6.07) is 11.1. The fraction of sp³-hybridized carbons (Fsp3) is 0.333. The molecule has 2 N–H and O–H groups in total. The highest BCUT2D eigenvalue weighted by molar-refractivity contribution is 6.33. The van der Waals surface area contributed by atoms with Gasteiger partial charge >= 0.3 is 6.61 Å². The van der Waals surface area contributed by atoms with Gasteiger partial charge in [0.15, 0.2) is 0 Å². The predicted octanol–water partition coefficient (Wildman–Crippen LogP) is 3.79. The van der Waals surface area contributed by atoms with Crippen molar-refractivity contribution >= 4 is 46.4 Å². The van der Waals surface area contributed by atoms with Crippen LogP contribution in [0.1, 0.15) is 0 Å². The molecule has 2 amide bonds. The van der Waals surface area contributed by atoms with Crippen LogP contribution in [-0.4, -0.2) is 67.5 Å². The highest BCUT2D eigenvalue weighted by atomic mass is 35.5. The number of nitrogens with zero attached hydrogens (tertiary/aromatic N) is 2. The van der Waals surface area contributed by atoms with E-state index < -0.39 is 6.61 Å². The number of nitrogens with one attached hydrogen (secondary N) is 2. The first-order chi connectivity index (χ1) is 15.3. The van der Waals surface area contributed by atoms with Crippen LogP contribution in [0, 0.1) is 0 Å². The first-order valence-corrected chi connectivity index (χ1v) is 10.6. The summed E-state index contributed by atoms with van der Waals surface area (Å²) in [7, 11) is 0. The minimum Gasteiger partial charge on any atom is -0.433 e. The van der Waals surface area contributed by atoms with E-state index in [1.165, 1.54) is 18.2 Å². The number of amides is 2. The topological polar surface area (TPSA) is 73.9 Å². The average molecular weight is 487 g/mol. The van der Waals surface area contributed by atoms with Crippen LogP contribution in [-0.2, 0) is 9.59 Å². The molecule has 0 bridgehead atoms. The van der Waals surface area contributed by atoms with Gasteiger partial charge in [-0.05, 0) is 30.3 Å². The number of halogens is 4. The van der Waals surface area contributed by atoms with Gasteiger partial charge in [-0.2, -0.15) is 8.78 Å². The van der Waals surface area contributed by atoms with Gasteiger partial charge in [0.2, 0.25) is 11.8 Å². The molecule has 1 heterocycles. The summed E-state index contributed by atoms with van der Waals surface area (Å²) in [5, 5.41) is 5.94. The second-order valence-corrected chi connectivity index (χ2v) is 7.97. The Morgan fingerprint density at radius 2 is 1.50 bits per heavy atom. The van der Waals surface area contributed by atoms with E-state index in [0.717, 1.165) is 0 Å². The van der Waals surface area contributed by atoms with Crippen molar-refractivity contribution in [3.8, 4) is 5.75 Å². The third kappa shape index (κ3) is 7.30. The number of para-hydroxylation sites is 1. The summed E-state index contributed by atoms with van der Waals surface area (Å²) >= 11 is 12.0. The van der Waals surface area contributed by atoms with Gasteiger partial charge < -0.3 is 15.4 Å². The summed E-state index contributed by atoms with van der Waals surface area (Å²) < 4.78 is 28.9. The molecule has 32 heavy (non-hydrogen) atoms. The van der Waals surface area contributed by atoms with E-state index in [0.29, 0.717) is 42.6 Å². The zero-order valence-corrected chi connectivity index (χ0v) is 18.5. The van der Waals surface area contributed by atoms with Gasteiger partial charge in [0, 0.05) is 31.9 Å². The SMILES string of the molecule is O=C(CN1CCN(CC(=O)Nc2ccccc2Cl)CC1)Nc1ccc(OC(F)F)c(Cl)c1. The van der Waals surface area contributed by atoms with E-state index in [1.54, 1.807) is 24.3 Å². The Morgan fingerprint density at radius 1 is 0.906 bits per heavy atom. The van der Waals surface area contributed by atoms with Crippen molar-refractivity contribution in [3.63, 3.8) is 0 Å². The number of hydrogen-bond donors (Lipinski definition) is 2. The molecular weight excluding hydrogens is 465 g/mol. The molecule has 1 saturated heterocycles. The number of anilines is 2. The van der Waals surface area contributed by atoms with Gasteiger partial charge in [0.25, 0.3) is 0 Å². The summed E-state index contributed by atoms with van der Waals surface area (Å²) in [4.78, 5) is 28.5. The first-order valence-electron chi connectivity index (χ1n) is 9.83. The fourth-order valence-electron chi connectivity index (χ4n) is 3.23. The van der Waals surface area contributed by atoms with E-state index in [2.05, 4.69) is 15.4 Å². The van der Waals surface area contributed by atoms with E-state index in [4.69, 9.17) is 23.2 Å². The Kier molecular flexibility index (Phi) is 8.63. The number of hydrogen-bond acceptors (Lipinski definition) is 5. The lowest BCUT2D eigenvalue weighted by Gasteiger charge is -2.33. The zero-order valence-electron chi connectivity index (χ0n) is 17.0. The lowest BCUT2D eigenvalue weighted by molar-refractivity contribution is -0.120. The van der Waals surface area contributed by atoms with Crippen LogP contribution in [0.15, 0.2) is 42.5 Å². The Labute approximate surface area is 194 Å². The molecule has 2 aromatic carbocycles. The molecule has 0 saturated carbocycles. The van der Waals surface area contributed by atoms with Gasteiger partial charge in [-0.3, -0.25) is 19.4 Å². The molecule has 2 aromatic rings. The third-order valence-electron chi connectivity index (χ3n) is 4.78. The van der Waals surface area contributed by atoms with E-state index in [-0.39, 0.29) is 35.7 Å². The van der Waals surface area contributed by atoms with Gasteiger partial charge in [0.1, 0.15) is 5.75 Å². The number of alkyl halides is 2. The van der Waals surface area contributed by atoms with Crippen LogP contribution in [0.25, 0.3) is 0 Å². The van der Waals surface area contributed by atoms with Crippen molar-refractivity contribution in [3.05, 3.63) is 52.5 Å². The van der Waals surface area contributed by atoms with Crippen molar-refractivity contribution < 1.29 is 23.1 Å². The Bertz CT molecular complexity index is 956. The first kappa shape index (κ1) is 24.2. The minimum atomic E-state index is -2.98. The van der Waals surface area contributed by atoms with Crippen molar-refractivity contribution in [2.24, 2.45) is 0 Å². The molecule has 0 aromatic heterocycles. The van der Waals surface area contributed by atoms with Crippen LogP contribution in [0.4, 0.5) is 20.2 Å². The smallest absolute Gasteiger partial charge is 0.387 e. The maximum atomic E-state index is 12.3. The number of piperazine rings is 1. The molecule has 0 spiro atoms. The van der Waals surface area contributed by atoms with Crippen LogP contribution in [0.2, 0.25) is 10.0 Å². The maximum Gasteiger partial charge on any atom is 0.387 e. The minimum absolute atomic E-state index is 0.0215. The second kappa shape index (κ2) is 11.4. The van der Waals surface area contributed by atoms with E-state index in [9.17, 15) is 18.4 Å². The van der Waals surface area contributed by atoms with Crippen molar-refractivity contribution in [1.82, 2.24) is 9.80 Å². The predicted molar refractivity (Wildman–Crippen MR) is 120 cm³/mol. The quantitative estimate of drug-likeness (QED) is 0.593. The molecule has 0 unspecified atom stereocenters. The highest BCUT2D eigenvalue weighted by Crippen LogP contribution is 2.29. The summed E-state index contributed by atoms with van der Waals surface area (Å²) in [5.41, 5.74) is 0.958. The molecular formula is C21H22Cl2F2N4O3. The fourth-order valence-corrected chi connectivity index (χ4v) is 3.64. The molecule has 172 valence electrons. The van der Waals surface area contributed by atoms with Crippen molar-refractivity contribution in [2.75, 3.05) is 49.9 Å². The van der Waals surface area contributed by atoms with Crippen molar-refractivity contribution in [2.45, 2.75) is 6.61 Å². The standard InChI is InChI=1S/C21H22Cl2F2N4O3/c22-15-3-1-2-4-17(15)27-20(31)13-29-9-7-28(8-10-29)12-19(30)26-14-5-6-18(16(23)11-14)32-21(24)25/h1-6,11,21H,7-10,12-13H2,(H,26,30)(H,27,31). The maximum absolute atomic E-state index is 12.3. The molecule has 0 atom stereocenters. The van der Waals surface area contributed by atoms with Crippen LogP contribution in [0.5, 0.6) is 5.75 Å².